The summed E-state index contributed by atoms with van der Waals surface area (Å²) >= 11 is 0. The molecule has 1 aliphatic heterocycles. The number of benzene rings is 4. The molecule has 5 heteroatoms. The molecule has 5 aromatic rings. The highest BCUT2D eigenvalue weighted by molar-refractivity contribution is 5.87. The van der Waals surface area contributed by atoms with E-state index in [9.17, 15) is 0 Å². The minimum absolute atomic E-state index is 0.318. The summed E-state index contributed by atoms with van der Waals surface area (Å²) in [6, 6.07) is 36.7. The van der Waals surface area contributed by atoms with E-state index >= 15 is 0 Å². The molecule has 2 atom stereocenters. The van der Waals surface area contributed by atoms with Crippen LogP contribution in [0.4, 0.5) is 0 Å². The van der Waals surface area contributed by atoms with Gasteiger partial charge in [0, 0.05) is 19.1 Å². The lowest BCUT2D eigenvalue weighted by Gasteiger charge is -2.38. The number of ether oxygens (including phenoxy) is 2. The Morgan fingerprint density at radius 3 is 1.72 bits per heavy atom. The molecule has 0 amide bonds. The number of hydrogen-bond donors (Lipinski definition) is 0. The lowest BCUT2D eigenvalue weighted by molar-refractivity contribution is 0.311. The number of fused-ring (bicyclic) bond motifs is 1. The topological polar surface area (TPSA) is 39.3 Å². The van der Waals surface area contributed by atoms with Crippen LogP contribution in [-0.2, 0) is 12.1 Å². The fourth-order valence-electron chi connectivity index (χ4n) is 5.61. The maximum atomic E-state index is 5.70. The van der Waals surface area contributed by atoms with E-state index in [0.717, 1.165) is 35.6 Å². The van der Waals surface area contributed by atoms with Gasteiger partial charge in [-0.2, -0.15) is 0 Å². The molecule has 0 saturated carbocycles. The van der Waals surface area contributed by atoms with Crippen molar-refractivity contribution in [2.24, 2.45) is 0 Å². The zero-order valence-corrected chi connectivity index (χ0v) is 20.5. The van der Waals surface area contributed by atoms with Crippen molar-refractivity contribution < 1.29 is 9.47 Å². The molecule has 0 aliphatic carbocycles. The van der Waals surface area contributed by atoms with E-state index < -0.39 is 5.54 Å². The highest BCUT2D eigenvalue weighted by Crippen LogP contribution is 2.48. The molecule has 2 heterocycles. The third kappa shape index (κ3) is 3.55. The van der Waals surface area contributed by atoms with Gasteiger partial charge in [0.05, 0.1) is 26.1 Å². The molecule has 6 rings (SSSR count). The number of hydrogen-bond acceptors (Lipinski definition) is 4. The number of nitrogens with zero attached hydrogens (tertiary/aromatic N) is 3. The highest BCUT2D eigenvalue weighted by atomic mass is 16.5. The number of methoxy groups -OCH3 is 2. The minimum atomic E-state index is -0.396. The predicted molar refractivity (Wildman–Crippen MR) is 143 cm³/mol. The van der Waals surface area contributed by atoms with Crippen molar-refractivity contribution in [3.8, 4) is 11.5 Å². The van der Waals surface area contributed by atoms with Gasteiger partial charge in [-0.3, -0.25) is 4.90 Å². The monoisotopic (exact) mass is 475 g/mol. The Bertz CT molecular complexity index is 1370. The van der Waals surface area contributed by atoms with Crippen LogP contribution in [0.3, 0.4) is 0 Å². The molecule has 1 aliphatic rings. The van der Waals surface area contributed by atoms with Crippen LogP contribution >= 0.6 is 0 Å². The van der Waals surface area contributed by atoms with Crippen LogP contribution in [0.2, 0.25) is 0 Å². The van der Waals surface area contributed by atoms with Crippen molar-refractivity contribution in [2.75, 3.05) is 20.8 Å². The normalized spacial score (nSPS) is 17.2. The molecule has 5 nitrogen and oxygen atoms in total. The zero-order chi connectivity index (χ0) is 24.5. The largest absolute Gasteiger partial charge is 0.494 e. The maximum Gasteiger partial charge on any atom is 0.146 e. The van der Waals surface area contributed by atoms with Gasteiger partial charge in [-0.05, 0) is 28.8 Å². The fraction of sp³-hybridized carbons (Fsp3) is 0.194. The van der Waals surface area contributed by atoms with Gasteiger partial charge in [0.2, 0.25) is 0 Å². The van der Waals surface area contributed by atoms with Crippen molar-refractivity contribution in [1.29, 1.82) is 0 Å². The maximum absolute atomic E-state index is 5.70. The van der Waals surface area contributed by atoms with Crippen LogP contribution in [0.5, 0.6) is 11.5 Å². The van der Waals surface area contributed by atoms with Crippen molar-refractivity contribution in [1.82, 2.24) is 14.5 Å². The lowest BCUT2D eigenvalue weighted by atomic mass is 9.76. The summed E-state index contributed by atoms with van der Waals surface area (Å²) in [5.74, 6) is 1.56. The summed E-state index contributed by atoms with van der Waals surface area (Å²) in [6.45, 7) is 1.76. The van der Waals surface area contributed by atoms with Crippen molar-refractivity contribution in [2.45, 2.75) is 18.1 Å². The molecule has 1 fully saturated rings. The van der Waals surface area contributed by atoms with E-state index in [4.69, 9.17) is 9.47 Å². The minimum Gasteiger partial charge on any atom is -0.494 e. The Morgan fingerprint density at radius 1 is 0.722 bits per heavy atom. The number of aromatic nitrogens is 2. The van der Waals surface area contributed by atoms with Crippen molar-refractivity contribution in [3.05, 3.63) is 126 Å². The summed E-state index contributed by atoms with van der Waals surface area (Å²) in [4.78, 5) is 7.28. The molecule has 0 radical (unpaired) electrons. The average molecular weight is 476 g/mol. The van der Waals surface area contributed by atoms with E-state index in [1.807, 2.05) is 18.5 Å². The zero-order valence-electron chi connectivity index (χ0n) is 20.5. The summed E-state index contributed by atoms with van der Waals surface area (Å²) in [7, 11) is 3.38. The van der Waals surface area contributed by atoms with Crippen molar-refractivity contribution >= 4 is 11.0 Å². The summed E-state index contributed by atoms with van der Waals surface area (Å²) in [6.07, 6.45) is 1.90. The van der Waals surface area contributed by atoms with Gasteiger partial charge in [0.1, 0.15) is 22.5 Å². The average Bonchev–Trinajstić information content (AvgIpc) is 3.58. The Morgan fingerprint density at radius 2 is 1.22 bits per heavy atom. The summed E-state index contributed by atoms with van der Waals surface area (Å²) < 4.78 is 13.5. The van der Waals surface area contributed by atoms with Gasteiger partial charge in [-0.1, -0.05) is 91.0 Å². The molecule has 4 aromatic carbocycles. The Kier molecular flexibility index (Phi) is 5.70. The van der Waals surface area contributed by atoms with Crippen LogP contribution in [0, 0.1) is 0 Å². The number of rotatable bonds is 8. The Labute approximate surface area is 211 Å². The molecular formula is C31H29N3O2. The Hall–Kier alpha value is -4.09. The van der Waals surface area contributed by atoms with E-state index in [1.165, 1.54) is 16.7 Å². The van der Waals surface area contributed by atoms with E-state index in [2.05, 4.69) is 105 Å². The van der Waals surface area contributed by atoms with Crippen LogP contribution in [0.25, 0.3) is 11.0 Å². The first-order valence-electron chi connectivity index (χ1n) is 12.3. The van der Waals surface area contributed by atoms with Gasteiger partial charge < -0.3 is 14.0 Å². The van der Waals surface area contributed by atoms with E-state index in [1.54, 1.807) is 14.2 Å². The van der Waals surface area contributed by atoms with Crippen LogP contribution in [0.1, 0.15) is 16.7 Å². The molecule has 180 valence electrons. The highest BCUT2D eigenvalue weighted by Gasteiger charge is 2.53. The summed E-state index contributed by atoms with van der Waals surface area (Å²) in [5.41, 5.74) is 5.18. The smallest absolute Gasteiger partial charge is 0.146 e. The first-order chi connectivity index (χ1) is 17.8. The molecular weight excluding hydrogens is 446 g/mol. The lowest BCUT2D eigenvalue weighted by Crippen LogP contribution is -2.39. The van der Waals surface area contributed by atoms with Crippen LogP contribution in [-0.4, -0.2) is 41.3 Å². The molecule has 1 unspecified atom stereocenters. The molecule has 1 aromatic heterocycles. The van der Waals surface area contributed by atoms with Gasteiger partial charge >= 0.3 is 0 Å². The fourth-order valence-corrected chi connectivity index (χ4v) is 5.61. The van der Waals surface area contributed by atoms with Gasteiger partial charge in [-0.15, -0.1) is 0 Å². The van der Waals surface area contributed by atoms with E-state index in [-0.39, 0.29) is 0 Å². The van der Waals surface area contributed by atoms with Gasteiger partial charge in [0.25, 0.3) is 0 Å². The molecule has 0 N–H and O–H groups in total. The van der Waals surface area contributed by atoms with Crippen LogP contribution in [0.15, 0.2) is 109 Å². The number of imidazole rings is 1. The molecule has 36 heavy (non-hydrogen) atoms. The van der Waals surface area contributed by atoms with Crippen molar-refractivity contribution in [3.63, 3.8) is 0 Å². The second kappa shape index (κ2) is 9.17. The standard InChI is InChI=1S/C31H29N3O2/c1-35-27-18-19-28(36-2)30-29(27)32-22-33(30)20-26-21-34(26)31(23-12-6-3-7-13-23,24-14-8-4-9-15-24)25-16-10-5-11-17-25/h3-19,22,26H,20-21H2,1-2H3/t26-,34?/m1/s1. The Balaban J connectivity index is 1.46. The molecule has 0 spiro atoms. The van der Waals surface area contributed by atoms with E-state index in [0.29, 0.717) is 6.04 Å². The second-order valence-corrected chi connectivity index (χ2v) is 9.18. The predicted octanol–water partition coefficient (Wildman–Crippen LogP) is 5.73. The molecule has 1 saturated heterocycles. The van der Waals surface area contributed by atoms with Gasteiger partial charge in [0.15, 0.2) is 0 Å². The van der Waals surface area contributed by atoms with Gasteiger partial charge in [-0.25, -0.2) is 4.98 Å². The first-order valence-corrected chi connectivity index (χ1v) is 12.3. The van der Waals surface area contributed by atoms with Crippen LogP contribution < -0.4 is 9.47 Å². The third-order valence-electron chi connectivity index (χ3n) is 7.26. The first kappa shape index (κ1) is 22.4. The second-order valence-electron chi connectivity index (χ2n) is 9.18. The summed E-state index contributed by atoms with van der Waals surface area (Å²) in [5, 5.41) is 0. The SMILES string of the molecule is COc1ccc(OC)c2c1ncn2C[C@@H]1CN1C(c1ccccc1)(c1ccccc1)c1ccccc1. The third-order valence-corrected chi connectivity index (χ3v) is 7.26. The molecule has 0 bridgehead atoms. The quantitative estimate of drug-likeness (QED) is 0.212.